The Bertz CT molecular complexity index is 621. The maximum Gasteiger partial charge on any atom is 0.133 e. The Morgan fingerprint density at radius 2 is 1.85 bits per heavy atom. The van der Waals surface area contributed by atoms with Crippen LogP contribution in [-0.4, -0.2) is 13.7 Å². The van der Waals surface area contributed by atoms with E-state index in [-0.39, 0.29) is 6.61 Å². The molecule has 0 aliphatic rings. The Kier molecular flexibility index (Phi) is 4.88. The number of methoxy groups -OCH3 is 1. The van der Waals surface area contributed by atoms with Crippen molar-refractivity contribution in [2.45, 2.75) is 0 Å². The molecular formula is C16H13ClF2O. The van der Waals surface area contributed by atoms with Gasteiger partial charge in [-0.25, -0.2) is 8.78 Å². The van der Waals surface area contributed by atoms with Crippen molar-refractivity contribution in [3.63, 3.8) is 0 Å². The summed E-state index contributed by atoms with van der Waals surface area (Å²) < 4.78 is 31.9. The van der Waals surface area contributed by atoms with E-state index in [0.717, 1.165) is 11.6 Å². The Balaban J connectivity index is 2.42. The number of hydrogen-bond donors (Lipinski definition) is 0. The molecule has 2 aromatic rings. The predicted molar refractivity (Wildman–Crippen MR) is 77.6 cm³/mol. The zero-order valence-corrected chi connectivity index (χ0v) is 11.6. The van der Waals surface area contributed by atoms with Crippen LogP contribution in [0.3, 0.4) is 0 Å². The first-order valence-corrected chi connectivity index (χ1v) is 6.38. The van der Waals surface area contributed by atoms with Gasteiger partial charge >= 0.3 is 0 Å². The standard InChI is InChI=1S/C16H13ClF2O/c1-20-10-12(8-11-2-4-13(17)5-3-11)15-7-6-14(18)9-16(15)19/h2-9H,10H2,1H3/b12-8-. The zero-order chi connectivity index (χ0) is 14.5. The largest absolute Gasteiger partial charge is 0.380 e. The van der Waals surface area contributed by atoms with Gasteiger partial charge in [0, 0.05) is 23.8 Å². The van der Waals surface area contributed by atoms with Gasteiger partial charge in [0.25, 0.3) is 0 Å². The molecule has 0 fully saturated rings. The molecule has 0 bridgehead atoms. The summed E-state index contributed by atoms with van der Waals surface area (Å²) >= 11 is 5.82. The number of halogens is 3. The van der Waals surface area contributed by atoms with Gasteiger partial charge in [0.05, 0.1) is 6.61 Å². The molecule has 0 saturated carbocycles. The van der Waals surface area contributed by atoms with Crippen LogP contribution in [-0.2, 0) is 4.74 Å². The first kappa shape index (κ1) is 14.7. The molecule has 4 heteroatoms. The van der Waals surface area contributed by atoms with Gasteiger partial charge < -0.3 is 4.74 Å². The molecular weight excluding hydrogens is 282 g/mol. The van der Waals surface area contributed by atoms with Crippen molar-refractivity contribution >= 4 is 23.3 Å². The van der Waals surface area contributed by atoms with Crippen LogP contribution >= 0.6 is 11.6 Å². The van der Waals surface area contributed by atoms with E-state index in [2.05, 4.69) is 0 Å². The Morgan fingerprint density at radius 3 is 2.45 bits per heavy atom. The van der Waals surface area contributed by atoms with Gasteiger partial charge in [-0.15, -0.1) is 0 Å². The van der Waals surface area contributed by atoms with E-state index in [1.54, 1.807) is 18.2 Å². The maximum absolute atomic E-state index is 13.8. The summed E-state index contributed by atoms with van der Waals surface area (Å²) in [4.78, 5) is 0. The third-order valence-electron chi connectivity index (χ3n) is 2.79. The zero-order valence-electron chi connectivity index (χ0n) is 10.9. The minimum Gasteiger partial charge on any atom is -0.380 e. The van der Waals surface area contributed by atoms with Crippen LogP contribution < -0.4 is 0 Å². The molecule has 2 rings (SSSR count). The molecule has 0 radical (unpaired) electrons. The highest BCUT2D eigenvalue weighted by Gasteiger charge is 2.09. The quantitative estimate of drug-likeness (QED) is 0.736. The van der Waals surface area contributed by atoms with Crippen LogP contribution in [0.5, 0.6) is 0 Å². The molecule has 0 aromatic heterocycles. The highest BCUT2D eigenvalue weighted by Crippen LogP contribution is 2.23. The van der Waals surface area contributed by atoms with Crippen molar-refractivity contribution in [1.82, 2.24) is 0 Å². The summed E-state index contributed by atoms with van der Waals surface area (Å²) in [7, 11) is 1.52. The van der Waals surface area contributed by atoms with Crippen molar-refractivity contribution < 1.29 is 13.5 Å². The summed E-state index contributed by atoms with van der Waals surface area (Å²) in [6.45, 7) is 0.227. The predicted octanol–water partition coefficient (Wildman–Crippen LogP) is 4.81. The van der Waals surface area contributed by atoms with Crippen molar-refractivity contribution in [2.24, 2.45) is 0 Å². The van der Waals surface area contributed by atoms with Crippen LogP contribution in [0.2, 0.25) is 5.02 Å². The lowest BCUT2D eigenvalue weighted by Gasteiger charge is -2.09. The average molecular weight is 295 g/mol. The van der Waals surface area contributed by atoms with E-state index in [9.17, 15) is 8.78 Å². The SMILES string of the molecule is COC/C(=C/c1ccc(Cl)cc1)c1ccc(F)cc1F. The van der Waals surface area contributed by atoms with E-state index in [4.69, 9.17) is 16.3 Å². The Hall–Kier alpha value is -1.71. The molecule has 0 amide bonds. The second-order valence-electron chi connectivity index (χ2n) is 4.28. The topological polar surface area (TPSA) is 9.23 Å². The van der Waals surface area contributed by atoms with E-state index in [1.807, 2.05) is 12.1 Å². The minimum atomic E-state index is -0.609. The average Bonchev–Trinajstić information content (AvgIpc) is 2.41. The molecule has 0 unspecified atom stereocenters. The van der Waals surface area contributed by atoms with Gasteiger partial charge in [-0.2, -0.15) is 0 Å². The highest BCUT2D eigenvalue weighted by atomic mass is 35.5. The lowest BCUT2D eigenvalue weighted by Crippen LogP contribution is -1.98. The number of rotatable bonds is 4. The fourth-order valence-corrected chi connectivity index (χ4v) is 1.99. The van der Waals surface area contributed by atoms with Crippen molar-refractivity contribution in [2.75, 3.05) is 13.7 Å². The normalized spacial score (nSPS) is 11.7. The molecule has 104 valence electrons. The summed E-state index contributed by atoms with van der Waals surface area (Å²) in [5, 5.41) is 0.628. The Labute approximate surface area is 121 Å². The highest BCUT2D eigenvalue weighted by molar-refractivity contribution is 6.30. The van der Waals surface area contributed by atoms with Gasteiger partial charge in [-0.05, 0) is 41.5 Å². The lowest BCUT2D eigenvalue weighted by molar-refractivity contribution is 0.240. The van der Waals surface area contributed by atoms with Crippen LogP contribution in [0.4, 0.5) is 8.78 Å². The minimum absolute atomic E-state index is 0.227. The first-order chi connectivity index (χ1) is 9.60. The van der Waals surface area contributed by atoms with Crippen molar-refractivity contribution in [3.8, 4) is 0 Å². The number of ether oxygens (including phenoxy) is 1. The van der Waals surface area contributed by atoms with Crippen molar-refractivity contribution in [3.05, 3.63) is 70.2 Å². The van der Waals surface area contributed by atoms with Crippen LogP contribution in [0, 0.1) is 11.6 Å². The lowest BCUT2D eigenvalue weighted by atomic mass is 10.0. The third kappa shape index (κ3) is 3.65. The smallest absolute Gasteiger partial charge is 0.133 e. The van der Waals surface area contributed by atoms with Gasteiger partial charge in [0.2, 0.25) is 0 Å². The van der Waals surface area contributed by atoms with Crippen molar-refractivity contribution in [1.29, 1.82) is 0 Å². The molecule has 0 saturated heterocycles. The molecule has 20 heavy (non-hydrogen) atoms. The first-order valence-electron chi connectivity index (χ1n) is 6.00. The monoisotopic (exact) mass is 294 g/mol. The maximum atomic E-state index is 13.8. The van der Waals surface area contributed by atoms with E-state index in [0.29, 0.717) is 16.2 Å². The fourth-order valence-electron chi connectivity index (χ4n) is 1.86. The molecule has 0 heterocycles. The summed E-state index contributed by atoms with van der Waals surface area (Å²) in [6.07, 6.45) is 1.79. The van der Waals surface area contributed by atoms with Gasteiger partial charge in [-0.1, -0.05) is 23.7 Å². The van der Waals surface area contributed by atoms with Gasteiger partial charge in [0.15, 0.2) is 0 Å². The molecule has 0 aliphatic heterocycles. The molecule has 1 nitrogen and oxygen atoms in total. The van der Waals surface area contributed by atoms with E-state index in [1.165, 1.54) is 19.2 Å². The molecule has 0 atom stereocenters. The van der Waals surface area contributed by atoms with Crippen LogP contribution in [0.1, 0.15) is 11.1 Å². The van der Waals surface area contributed by atoms with E-state index >= 15 is 0 Å². The number of benzene rings is 2. The Morgan fingerprint density at radius 1 is 1.15 bits per heavy atom. The summed E-state index contributed by atoms with van der Waals surface area (Å²) in [5.41, 5.74) is 1.82. The molecule has 2 aromatic carbocycles. The molecule has 0 aliphatic carbocycles. The van der Waals surface area contributed by atoms with Gasteiger partial charge in [-0.3, -0.25) is 0 Å². The third-order valence-corrected chi connectivity index (χ3v) is 3.04. The van der Waals surface area contributed by atoms with E-state index < -0.39 is 11.6 Å². The second kappa shape index (κ2) is 6.64. The molecule has 0 N–H and O–H groups in total. The molecule has 0 spiro atoms. The fraction of sp³-hybridized carbons (Fsp3) is 0.125. The summed E-state index contributed by atoms with van der Waals surface area (Å²) in [6, 6.07) is 10.6. The van der Waals surface area contributed by atoms with Crippen LogP contribution in [0.15, 0.2) is 42.5 Å². The summed E-state index contributed by atoms with van der Waals surface area (Å²) in [5.74, 6) is -1.21. The van der Waals surface area contributed by atoms with Crippen LogP contribution in [0.25, 0.3) is 11.6 Å². The van der Waals surface area contributed by atoms with Gasteiger partial charge in [0.1, 0.15) is 11.6 Å². The number of hydrogen-bond acceptors (Lipinski definition) is 1. The second-order valence-corrected chi connectivity index (χ2v) is 4.71.